The predicted molar refractivity (Wildman–Crippen MR) is 217 cm³/mol. The Balaban J connectivity index is 1.02. The van der Waals surface area contributed by atoms with Crippen molar-refractivity contribution < 1.29 is 0 Å². The van der Waals surface area contributed by atoms with Gasteiger partial charge in [-0.3, -0.25) is 0 Å². The van der Waals surface area contributed by atoms with Crippen molar-refractivity contribution in [1.29, 1.82) is 0 Å². The Labute approximate surface area is 287 Å². The van der Waals surface area contributed by atoms with Crippen LogP contribution in [0.15, 0.2) is 158 Å². The Bertz CT molecular complexity index is 3060. The van der Waals surface area contributed by atoms with Crippen LogP contribution < -0.4 is 10.6 Å². The van der Waals surface area contributed by atoms with Crippen LogP contribution in [0.25, 0.3) is 97.0 Å². The van der Waals surface area contributed by atoms with Crippen LogP contribution in [0.3, 0.4) is 0 Å². The molecule has 12 aromatic rings. The minimum Gasteiger partial charge on any atom is -0.355 e. The first-order valence-electron chi connectivity index (χ1n) is 17.3. The van der Waals surface area contributed by atoms with Crippen molar-refractivity contribution in [3.63, 3.8) is 0 Å². The lowest BCUT2D eigenvalue weighted by Crippen LogP contribution is -1.97. The molecule has 0 saturated heterocycles. The number of hydrogen-bond donors (Lipinski definition) is 2. The Hall–Kier alpha value is -6.64. The average molecular weight is 633 g/mol. The van der Waals surface area contributed by atoms with Gasteiger partial charge >= 0.3 is 0 Å². The summed E-state index contributed by atoms with van der Waals surface area (Å²) in [6.45, 7) is 0. The fraction of sp³-hybridized carbons (Fsp3) is 0. The number of hydrogen-bond acceptors (Lipinski definition) is 2. The zero-order chi connectivity index (χ0) is 32.5. The van der Waals surface area contributed by atoms with Gasteiger partial charge < -0.3 is 10.6 Å². The molecule has 0 radical (unpaired) electrons. The third-order valence-corrected chi connectivity index (χ3v) is 11.3. The van der Waals surface area contributed by atoms with E-state index < -0.39 is 0 Å². The lowest BCUT2D eigenvalue weighted by atomic mass is 9.91. The minimum atomic E-state index is 1.12. The van der Waals surface area contributed by atoms with Crippen LogP contribution in [-0.4, -0.2) is 0 Å². The molecule has 2 N–H and O–H groups in total. The van der Waals surface area contributed by atoms with E-state index in [0.717, 1.165) is 22.7 Å². The summed E-state index contributed by atoms with van der Waals surface area (Å²) in [5.41, 5.74) is 4.49. The second-order valence-electron chi connectivity index (χ2n) is 13.8. The molecule has 0 heterocycles. The molecule has 0 aliphatic carbocycles. The highest BCUT2D eigenvalue weighted by molar-refractivity contribution is 6.30. The molecule has 0 aromatic heterocycles. The highest BCUT2D eigenvalue weighted by atomic mass is 14.9. The van der Waals surface area contributed by atoms with Crippen molar-refractivity contribution in [2.24, 2.45) is 0 Å². The molecule has 0 saturated carbocycles. The van der Waals surface area contributed by atoms with Crippen LogP contribution in [0.5, 0.6) is 0 Å². The first kappa shape index (κ1) is 26.3. The summed E-state index contributed by atoms with van der Waals surface area (Å²) < 4.78 is 0. The van der Waals surface area contributed by atoms with Crippen molar-refractivity contribution in [2.45, 2.75) is 0 Å². The summed E-state index contributed by atoms with van der Waals surface area (Å²) in [5.74, 6) is 0. The molecule has 0 fully saturated rings. The van der Waals surface area contributed by atoms with Gasteiger partial charge in [0.15, 0.2) is 0 Å². The van der Waals surface area contributed by atoms with E-state index in [1.807, 2.05) is 0 Å². The standard InChI is InChI=1S/C48H28N2/c1-3-27-7-9-31-15-23-39(35-19-13-29(5-1)43(27)45(31)35)49-41-25-17-33-11-12-34-18-26-42(38-22-21-37(41)47(33)48(34)38)50-40-24-16-32-10-8-28-4-2-6-30-14-20-36(40)46(32)44(28)30/h1-26,49-50H. The topological polar surface area (TPSA) is 24.1 Å². The van der Waals surface area contributed by atoms with Gasteiger partial charge in [-0.25, -0.2) is 0 Å². The number of benzene rings is 12. The Morgan fingerprint density at radius 3 is 0.740 bits per heavy atom. The molecule has 2 nitrogen and oxygen atoms in total. The van der Waals surface area contributed by atoms with E-state index in [-0.39, 0.29) is 0 Å². The lowest BCUT2D eigenvalue weighted by Gasteiger charge is -2.20. The van der Waals surface area contributed by atoms with Gasteiger partial charge in [0, 0.05) is 44.3 Å². The van der Waals surface area contributed by atoms with Crippen molar-refractivity contribution in [3.05, 3.63) is 158 Å². The van der Waals surface area contributed by atoms with E-state index >= 15 is 0 Å². The van der Waals surface area contributed by atoms with Crippen LogP contribution in [0.2, 0.25) is 0 Å². The van der Waals surface area contributed by atoms with Gasteiger partial charge in [0.05, 0.1) is 0 Å². The van der Waals surface area contributed by atoms with Gasteiger partial charge in [-0.15, -0.1) is 0 Å². The van der Waals surface area contributed by atoms with E-state index in [2.05, 4.69) is 168 Å². The molecule has 230 valence electrons. The summed E-state index contributed by atoms with van der Waals surface area (Å²) in [4.78, 5) is 0. The molecular formula is C48H28N2. The molecule has 12 rings (SSSR count). The zero-order valence-corrected chi connectivity index (χ0v) is 27.0. The highest BCUT2D eigenvalue weighted by Crippen LogP contribution is 2.45. The van der Waals surface area contributed by atoms with E-state index in [4.69, 9.17) is 0 Å². The molecule has 12 aromatic carbocycles. The molecule has 0 spiro atoms. The van der Waals surface area contributed by atoms with E-state index in [1.54, 1.807) is 0 Å². The van der Waals surface area contributed by atoms with E-state index in [1.165, 1.54) is 97.0 Å². The largest absolute Gasteiger partial charge is 0.355 e. The quantitative estimate of drug-likeness (QED) is 0.189. The van der Waals surface area contributed by atoms with Crippen molar-refractivity contribution in [1.82, 2.24) is 0 Å². The molecule has 2 heteroatoms. The normalized spacial score (nSPS) is 12.4. The summed E-state index contributed by atoms with van der Waals surface area (Å²) in [5, 5.41) is 30.8. The number of rotatable bonds is 4. The minimum absolute atomic E-state index is 1.12. The Kier molecular flexibility index (Phi) is 5.00. The molecule has 0 aliphatic heterocycles. The summed E-state index contributed by atoms with van der Waals surface area (Å²) in [6, 6.07) is 58.3. The van der Waals surface area contributed by atoms with Crippen molar-refractivity contribution >= 4 is 120 Å². The maximum absolute atomic E-state index is 3.90. The fourth-order valence-corrected chi connectivity index (χ4v) is 9.00. The summed E-state index contributed by atoms with van der Waals surface area (Å²) in [6.07, 6.45) is 0. The van der Waals surface area contributed by atoms with Crippen LogP contribution in [0.4, 0.5) is 22.7 Å². The maximum atomic E-state index is 3.90. The van der Waals surface area contributed by atoms with Crippen molar-refractivity contribution in [3.8, 4) is 0 Å². The van der Waals surface area contributed by atoms with E-state index in [0.29, 0.717) is 0 Å². The van der Waals surface area contributed by atoms with Crippen LogP contribution in [0.1, 0.15) is 0 Å². The molecule has 0 bridgehead atoms. The average Bonchev–Trinajstić information content (AvgIpc) is 3.17. The van der Waals surface area contributed by atoms with Gasteiger partial charge in [0.2, 0.25) is 0 Å². The smallest absolute Gasteiger partial charge is 0.0464 e. The lowest BCUT2D eigenvalue weighted by molar-refractivity contribution is 1.62. The maximum Gasteiger partial charge on any atom is 0.0464 e. The second-order valence-corrected chi connectivity index (χ2v) is 13.8. The van der Waals surface area contributed by atoms with Gasteiger partial charge in [0.1, 0.15) is 0 Å². The van der Waals surface area contributed by atoms with Crippen LogP contribution in [-0.2, 0) is 0 Å². The molecule has 0 unspecified atom stereocenters. The Morgan fingerprint density at radius 1 is 0.200 bits per heavy atom. The SMILES string of the molecule is c1cc2ccc3ccc(Nc4ccc5ccc6ccc(Nc7ccc8ccc9cccc%10ccc7c8c9%10)c7ccc4c5c67)c4ccc(c1)c2c34. The van der Waals surface area contributed by atoms with Crippen LogP contribution in [0, 0.1) is 0 Å². The summed E-state index contributed by atoms with van der Waals surface area (Å²) >= 11 is 0. The number of nitrogens with one attached hydrogen (secondary N) is 2. The summed E-state index contributed by atoms with van der Waals surface area (Å²) in [7, 11) is 0. The first-order chi connectivity index (χ1) is 24.8. The molecule has 0 amide bonds. The monoisotopic (exact) mass is 632 g/mol. The third-order valence-electron chi connectivity index (χ3n) is 11.3. The third kappa shape index (κ3) is 3.47. The van der Waals surface area contributed by atoms with Gasteiger partial charge in [-0.05, 0) is 99.7 Å². The Morgan fingerprint density at radius 2 is 0.420 bits per heavy atom. The highest BCUT2D eigenvalue weighted by Gasteiger charge is 2.17. The van der Waals surface area contributed by atoms with E-state index in [9.17, 15) is 0 Å². The fourth-order valence-electron chi connectivity index (χ4n) is 9.00. The molecular weight excluding hydrogens is 605 g/mol. The molecule has 0 atom stereocenters. The van der Waals surface area contributed by atoms with Gasteiger partial charge in [-0.2, -0.15) is 0 Å². The second kappa shape index (κ2) is 9.49. The van der Waals surface area contributed by atoms with Gasteiger partial charge in [-0.1, -0.05) is 133 Å². The number of anilines is 4. The van der Waals surface area contributed by atoms with Crippen molar-refractivity contribution in [2.75, 3.05) is 10.6 Å². The molecule has 0 aliphatic rings. The van der Waals surface area contributed by atoms with Gasteiger partial charge in [0.25, 0.3) is 0 Å². The first-order valence-corrected chi connectivity index (χ1v) is 17.3. The van der Waals surface area contributed by atoms with Crippen LogP contribution >= 0.6 is 0 Å². The molecule has 50 heavy (non-hydrogen) atoms. The zero-order valence-electron chi connectivity index (χ0n) is 27.0. The predicted octanol–water partition coefficient (Wildman–Crippen LogP) is 13.9.